The first-order valence-corrected chi connectivity index (χ1v) is 10.8. The molecule has 6 nitrogen and oxygen atoms in total. The van der Waals surface area contributed by atoms with E-state index in [1.807, 2.05) is 60.7 Å². The lowest BCUT2D eigenvalue weighted by molar-refractivity contribution is -0.132. The highest BCUT2D eigenvalue weighted by Gasteiger charge is 2.29. The predicted octanol–water partition coefficient (Wildman–Crippen LogP) is 5.26. The minimum Gasteiger partial charge on any atom is -0.477 e. The van der Waals surface area contributed by atoms with E-state index < -0.39 is 12.1 Å². The summed E-state index contributed by atoms with van der Waals surface area (Å²) < 4.78 is 6.38. The zero-order chi connectivity index (χ0) is 22.1. The molecule has 158 valence electrons. The Morgan fingerprint density at radius 1 is 0.969 bits per heavy atom. The molecule has 0 radical (unpaired) electrons. The van der Waals surface area contributed by atoms with Gasteiger partial charge in [-0.1, -0.05) is 60.7 Å². The molecule has 0 saturated carbocycles. The van der Waals surface area contributed by atoms with Crippen LogP contribution in [-0.2, 0) is 9.53 Å². The van der Waals surface area contributed by atoms with Crippen molar-refractivity contribution in [2.45, 2.75) is 5.92 Å². The van der Waals surface area contributed by atoms with Crippen LogP contribution in [0, 0.1) is 0 Å². The number of benzene rings is 3. The zero-order valence-electron chi connectivity index (χ0n) is 16.8. The maximum atomic E-state index is 12.4. The molecular weight excluding hydrogens is 424 g/mol. The molecule has 0 saturated heterocycles. The average molecular weight is 442 g/mol. The predicted molar refractivity (Wildman–Crippen MR) is 123 cm³/mol. The number of aromatic nitrogens is 1. The van der Waals surface area contributed by atoms with Crippen LogP contribution in [0.15, 0.2) is 78.5 Å². The van der Waals surface area contributed by atoms with Crippen LogP contribution < -0.4 is 5.32 Å². The number of amides is 1. The summed E-state index contributed by atoms with van der Waals surface area (Å²) in [5.74, 6) is -1.37. The fourth-order valence-electron chi connectivity index (χ4n) is 3.97. The van der Waals surface area contributed by atoms with Crippen molar-refractivity contribution in [3.05, 3.63) is 94.6 Å². The summed E-state index contributed by atoms with van der Waals surface area (Å²) in [6, 6.07) is 23.6. The maximum absolute atomic E-state index is 12.4. The van der Waals surface area contributed by atoms with Crippen molar-refractivity contribution >= 4 is 39.7 Å². The molecule has 0 spiro atoms. The third-order valence-electron chi connectivity index (χ3n) is 5.39. The molecule has 32 heavy (non-hydrogen) atoms. The number of para-hydroxylation sites is 1. The molecule has 4 aromatic rings. The van der Waals surface area contributed by atoms with E-state index in [0.717, 1.165) is 32.5 Å². The van der Waals surface area contributed by atoms with Gasteiger partial charge in [-0.05, 0) is 34.4 Å². The Hall–Kier alpha value is -3.97. The minimum atomic E-state index is -1.27. The Morgan fingerprint density at radius 2 is 1.59 bits per heavy atom. The summed E-state index contributed by atoms with van der Waals surface area (Å²) in [7, 11) is 0. The molecule has 1 aliphatic rings. The highest BCUT2D eigenvalue weighted by atomic mass is 32.1. The summed E-state index contributed by atoms with van der Waals surface area (Å²) in [5.41, 5.74) is 4.91. The van der Waals surface area contributed by atoms with Crippen LogP contribution in [0.1, 0.15) is 22.1 Å². The van der Waals surface area contributed by atoms with Gasteiger partial charge in [0.25, 0.3) is 0 Å². The number of nitrogens with zero attached hydrogens (tertiary/aromatic N) is 1. The number of fused-ring (bicyclic) bond motifs is 4. The van der Waals surface area contributed by atoms with Gasteiger partial charge in [0, 0.05) is 12.0 Å². The normalized spacial score (nSPS) is 12.9. The van der Waals surface area contributed by atoms with E-state index in [1.165, 1.54) is 17.4 Å². The third-order valence-corrected chi connectivity index (χ3v) is 6.37. The second-order valence-corrected chi connectivity index (χ2v) is 8.40. The van der Waals surface area contributed by atoms with Gasteiger partial charge in [-0.2, -0.15) is 0 Å². The van der Waals surface area contributed by atoms with Gasteiger partial charge in [0.2, 0.25) is 0 Å². The van der Waals surface area contributed by atoms with Crippen LogP contribution in [0.4, 0.5) is 4.79 Å². The molecule has 2 N–H and O–H groups in total. The number of ether oxygens (including phenoxy) is 1. The molecule has 3 aromatic carbocycles. The standard InChI is InChI=1S/C25H18N2O4S/c28-24(29)21(13-23-26-20-11-5-6-12-22(20)32-23)27-25(30)31-14-19-17-9-3-1-7-15(17)16-8-2-4-10-18(16)19/h1-13,19H,14H2,(H,27,30)(H,28,29). The van der Waals surface area contributed by atoms with Crippen molar-refractivity contribution in [3.8, 4) is 11.1 Å². The largest absolute Gasteiger partial charge is 0.477 e. The number of nitrogens with one attached hydrogen (secondary N) is 1. The quantitative estimate of drug-likeness (QED) is 0.412. The summed E-state index contributed by atoms with van der Waals surface area (Å²) in [6.07, 6.45) is 0.524. The van der Waals surface area contributed by atoms with E-state index in [4.69, 9.17) is 4.74 Å². The monoisotopic (exact) mass is 442 g/mol. The lowest BCUT2D eigenvalue weighted by Gasteiger charge is -2.14. The van der Waals surface area contributed by atoms with Gasteiger partial charge in [-0.15, -0.1) is 11.3 Å². The fraction of sp³-hybridized carbons (Fsp3) is 0.0800. The molecule has 0 unspecified atom stereocenters. The van der Waals surface area contributed by atoms with Gasteiger partial charge in [-0.25, -0.2) is 14.6 Å². The number of thiazole rings is 1. The number of alkyl carbamates (subject to hydrolysis) is 1. The van der Waals surface area contributed by atoms with Gasteiger partial charge in [0.1, 0.15) is 17.3 Å². The van der Waals surface area contributed by atoms with Gasteiger partial charge >= 0.3 is 12.1 Å². The number of carboxylic acids is 1. The van der Waals surface area contributed by atoms with Crippen molar-refractivity contribution in [2.24, 2.45) is 0 Å². The summed E-state index contributed by atoms with van der Waals surface area (Å²) in [5, 5.41) is 12.4. The highest BCUT2D eigenvalue weighted by molar-refractivity contribution is 7.19. The molecule has 1 amide bonds. The van der Waals surface area contributed by atoms with Crippen molar-refractivity contribution in [3.63, 3.8) is 0 Å². The SMILES string of the molecule is O=C(NC(=Cc1nc2ccccc2s1)C(=O)O)OCC1c2ccccc2-c2ccccc21. The third kappa shape index (κ3) is 3.74. The Kier molecular flexibility index (Phi) is 5.17. The van der Waals surface area contributed by atoms with Crippen LogP contribution in [0.3, 0.4) is 0 Å². The Balaban J connectivity index is 1.32. The highest BCUT2D eigenvalue weighted by Crippen LogP contribution is 2.44. The summed E-state index contributed by atoms with van der Waals surface area (Å²) >= 11 is 1.35. The number of carboxylic acid groups (broad SMARTS) is 1. The van der Waals surface area contributed by atoms with Crippen LogP contribution in [-0.4, -0.2) is 28.8 Å². The maximum Gasteiger partial charge on any atom is 0.411 e. The van der Waals surface area contributed by atoms with E-state index in [0.29, 0.717) is 5.01 Å². The van der Waals surface area contributed by atoms with E-state index in [-0.39, 0.29) is 18.2 Å². The number of carbonyl (C=O) groups is 2. The van der Waals surface area contributed by atoms with Crippen LogP contribution in [0.2, 0.25) is 0 Å². The number of aliphatic carboxylic acids is 1. The molecule has 0 aliphatic heterocycles. The van der Waals surface area contributed by atoms with E-state index in [2.05, 4.69) is 22.4 Å². The molecular formula is C25H18N2O4S. The summed E-state index contributed by atoms with van der Waals surface area (Å²) in [6.45, 7) is 0.105. The first-order chi connectivity index (χ1) is 15.6. The molecule has 0 fully saturated rings. The average Bonchev–Trinajstić information content (AvgIpc) is 3.35. The first kappa shape index (κ1) is 20.0. The molecule has 7 heteroatoms. The number of hydrogen-bond donors (Lipinski definition) is 2. The zero-order valence-corrected chi connectivity index (χ0v) is 17.6. The smallest absolute Gasteiger partial charge is 0.411 e. The van der Waals surface area contributed by atoms with Crippen molar-refractivity contribution in [2.75, 3.05) is 6.61 Å². The summed E-state index contributed by atoms with van der Waals surface area (Å²) in [4.78, 5) is 28.5. The van der Waals surface area contributed by atoms with Gasteiger partial charge in [0.15, 0.2) is 0 Å². The topological polar surface area (TPSA) is 88.5 Å². The van der Waals surface area contributed by atoms with Crippen LogP contribution >= 0.6 is 11.3 Å². The Bertz CT molecular complexity index is 1300. The van der Waals surface area contributed by atoms with Gasteiger partial charge in [-0.3, -0.25) is 5.32 Å². The van der Waals surface area contributed by atoms with E-state index in [9.17, 15) is 14.7 Å². The lowest BCUT2D eigenvalue weighted by atomic mass is 9.98. The Morgan fingerprint density at radius 3 is 2.25 bits per heavy atom. The second-order valence-electron chi connectivity index (χ2n) is 7.33. The number of carbonyl (C=O) groups excluding carboxylic acids is 1. The van der Waals surface area contributed by atoms with Crippen LogP contribution in [0.5, 0.6) is 0 Å². The van der Waals surface area contributed by atoms with Crippen molar-refractivity contribution in [1.82, 2.24) is 10.3 Å². The van der Waals surface area contributed by atoms with E-state index in [1.54, 1.807) is 0 Å². The molecule has 0 atom stereocenters. The van der Waals surface area contributed by atoms with Crippen molar-refractivity contribution in [1.29, 1.82) is 0 Å². The Labute approximate surface area is 187 Å². The van der Waals surface area contributed by atoms with E-state index >= 15 is 0 Å². The minimum absolute atomic E-state index is 0.102. The fourth-order valence-corrected chi connectivity index (χ4v) is 4.88. The lowest BCUT2D eigenvalue weighted by Crippen LogP contribution is -2.29. The van der Waals surface area contributed by atoms with Gasteiger partial charge < -0.3 is 9.84 Å². The molecule has 1 aromatic heterocycles. The molecule has 1 heterocycles. The number of rotatable bonds is 5. The molecule has 0 bridgehead atoms. The molecule has 5 rings (SSSR count). The van der Waals surface area contributed by atoms with Crippen molar-refractivity contribution < 1.29 is 19.4 Å². The molecule has 1 aliphatic carbocycles. The first-order valence-electron chi connectivity index (χ1n) is 10.0. The van der Waals surface area contributed by atoms with Gasteiger partial charge in [0.05, 0.1) is 10.2 Å². The second kappa shape index (κ2) is 8.28. The number of hydrogen-bond acceptors (Lipinski definition) is 5. The van der Waals surface area contributed by atoms with Crippen LogP contribution in [0.25, 0.3) is 27.4 Å².